The highest BCUT2D eigenvalue weighted by molar-refractivity contribution is 7.95. The molecule has 1 aromatic heterocycles. The summed E-state index contributed by atoms with van der Waals surface area (Å²) in [6.07, 6.45) is 0. The number of thiophene rings is 1. The minimum absolute atomic E-state index is 0.0391. The van der Waals surface area contributed by atoms with Crippen molar-refractivity contribution < 1.29 is 8.42 Å². The van der Waals surface area contributed by atoms with Gasteiger partial charge in [0, 0.05) is 5.38 Å². The van der Waals surface area contributed by atoms with Gasteiger partial charge in [0.2, 0.25) is 10.0 Å². The fourth-order valence-corrected chi connectivity index (χ4v) is 2.79. The second kappa shape index (κ2) is 4.03. The molecule has 0 aliphatic heterocycles. The van der Waals surface area contributed by atoms with E-state index in [2.05, 4.69) is 16.9 Å². The van der Waals surface area contributed by atoms with Gasteiger partial charge in [-0.05, 0) is 11.4 Å². The molecule has 0 amide bonds. The second-order valence-corrected chi connectivity index (χ2v) is 5.37. The Morgan fingerprint density at radius 1 is 1.69 bits per heavy atom. The third kappa shape index (κ3) is 3.71. The lowest BCUT2D eigenvalue weighted by atomic mass is 10.6. The van der Waals surface area contributed by atoms with Gasteiger partial charge in [-0.3, -0.25) is 4.72 Å². The average molecular weight is 236 g/mol. The Labute approximate surface area is 85.8 Å². The predicted octanol–water partition coefficient (Wildman–Crippen LogP) is 0.776. The smallest absolute Gasteiger partial charge is 0.239 e. The largest absolute Gasteiger partial charge is 0.392 e. The molecule has 0 radical (unpaired) electrons. The molecule has 0 unspecified atom stereocenters. The summed E-state index contributed by atoms with van der Waals surface area (Å²) < 4.78 is 24.8. The molecule has 1 rings (SSSR count). The summed E-state index contributed by atoms with van der Waals surface area (Å²) in [5.74, 6) is -0.321. The quantitative estimate of drug-likeness (QED) is 0.758. The third-order valence-corrected chi connectivity index (χ3v) is 3.37. The van der Waals surface area contributed by atoms with E-state index in [0.717, 1.165) is 0 Å². The highest BCUT2D eigenvalue weighted by Crippen LogP contribution is 2.13. The van der Waals surface area contributed by atoms with Crippen molar-refractivity contribution in [2.24, 2.45) is 5.73 Å². The van der Waals surface area contributed by atoms with Gasteiger partial charge in [-0.2, -0.15) is 11.3 Å². The third-order valence-electron chi connectivity index (χ3n) is 1.13. The number of hydrogen-bond acceptors (Lipinski definition) is 4. The number of hydrogen-bond donors (Lipinski definition) is 2. The number of nitrogens with one attached hydrogen (secondary N) is 1. The Balaban J connectivity index is 2.68. The van der Waals surface area contributed by atoms with Crippen molar-refractivity contribution >= 4 is 44.3 Å². The van der Waals surface area contributed by atoms with E-state index < -0.39 is 10.0 Å². The Hall–Kier alpha value is -0.660. The Morgan fingerprint density at radius 3 is 2.85 bits per heavy atom. The molecule has 13 heavy (non-hydrogen) atoms. The maximum absolute atomic E-state index is 11.2. The van der Waals surface area contributed by atoms with Crippen LogP contribution in [0.5, 0.6) is 0 Å². The number of anilines is 1. The van der Waals surface area contributed by atoms with Crippen molar-refractivity contribution in [2.75, 3.05) is 10.5 Å². The predicted molar refractivity (Wildman–Crippen MR) is 58.5 cm³/mol. The molecule has 0 aromatic carbocycles. The number of nitrogens with two attached hydrogens (primary N) is 1. The van der Waals surface area contributed by atoms with Crippen LogP contribution in [-0.4, -0.2) is 19.2 Å². The summed E-state index contributed by atoms with van der Waals surface area (Å²) in [6.45, 7) is 0. The monoisotopic (exact) mass is 236 g/mol. The summed E-state index contributed by atoms with van der Waals surface area (Å²) >= 11 is 5.91. The van der Waals surface area contributed by atoms with Gasteiger partial charge in [0.05, 0.1) is 10.7 Å². The molecule has 0 aliphatic rings. The normalized spacial score (nSPS) is 11.1. The standard InChI is InChI=1S/C6H8N2O2S3/c7-6(11)4-13(9,10)8-5-1-2-12-3-5/h1-3,8H,4H2,(H2,7,11). The zero-order valence-electron chi connectivity index (χ0n) is 6.56. The number of rotatable bonds is 4. The SMILES string of the molecule is NC(=S)CS(=O)(=O)Nc1ccsc1. The van der Waals surface area contributed by atoms with E-state index in [0.29, 0.717) is 5.69 Å². The lowest BCUT2D eigenvalue weighted by Crippen LogP contribution is -2.26. The molecule has 72 valence electrons. The minimum Gasteiger partial charge on any atom is -0.392 e. The number of thiocarbonyl (C=S) groups is 1. The molecule has 1 heterocycles. The van der Waals surface area contributed by atoms with Crippen LogP contribution in [0.4, 0.5) is 5.69 Å². The van der Waals surface area contributed by atoms with Crippen molar-refractivity contribution in [3.8, 4) is 0 Å². The summed E-state index contributed by atoms with van der Waals surface area (Å²) in [4.78, 5) is -0.0391. The van der Waals surface area contributed by atoms with Crippen LogP contribution in [0.1, 0.15) is 0 Å². The molecule has 0 spiro atoms. The zero-order chi connectivity index (χ0) is 9.90. The Bertz CT molecular complexity index is 382. The molecule has 3 N–H and O–H groups in total. The van der Waals surface area contributed by atoms with Crippen molar-refractivity contribution in [3.05, 3.63) is 16.8 Å². The highest BCUT2D eigenvalue weighted by atomic mass is 32.2. The molecule has 0 saturated carbocycles. The first kappa shape index (κ1) is 10.4. The van der Waals surface area contributed by atoms with Crippen molar-refractivity contribution in [3.63, 3.8) is 0 Å². The first-order valence-corrected chi connectivity index (χ1v) is 6.31. The highest BCUT2D eigenvalue weighted by Gasteiger charge is 2.11. The van der Waals surface area contributed by atoms with Crippen LogP contribution < -0.4 is 10.5 Å². The van der Waals surface area contributed by atoms with E-state index in [4.69, 9.17) is 5.73 Å². The van der Waals surface area contributed by atoms with Crippen LogP contribution >= 0.6 is 23.6 Å². The van der Waals surface area contributed by atoms with E-state index in [1.165, 1.54) is 11.3 Å². The van der Waals surface area contributed by atoms with Crippen LogP contribution in [0.25, 0.3) is 0 Å². The topological polar surface area (TPSA) is 72.2 Å². The van der Waals surface area contributed by atoms with E-state index in [1.807, 2.05) is 0 Å². The van der Waals surface area contributed by atoms with Gasteiger partial charge < -0.3 is 5.73 Å². The van der Waals surface area contributed by atoms with Gasteiger partial charge in [-0.1, -0.05) is 12.2 Å². The minimum atomic E-state index is -3.41. The van der Waals surface area contributed by atoms with Crippen LogP contribution in [0, 0.1) is 0 Å². The van der Waals surface area contributed by atoms with Crippen molar-refractivity contribution in [2.45, 2.75) is 0 Å². The second-order valence-electron chi connectivity index (χ2n) is 2.34. The van der Waals surface area contributed by atoms with Crippen LogP contribution in [0.2, 0.25) is 0 Å². The van der Waals surface area contributed by atoms with E-state index >= 15 is 0 Å². The van der Waals surface area contributed by atoms with Gasteiger partial charge in [0.1, 0.15) is 5.75 Å². The van der Waals surface area contributed by atoms with E-state index in [1.54, 1.807) is 16.8 Å². The van der Waals surface area contributed by atoms with Crippen molar-refractivity contribution in [1.82, 2.24) is 0 Å². The molecule has 0 atom stereocenters. The molecular formula is C6H8N2O2S3. The molecule has 7 heteroatoms. The van der Waals surface area contributed by atoms with E-state index in [-0.39, 0.29) is 10.7 Å². The average Bonchev–Trinajstić information content (AvgIpc) is 2.34. The first-order chi connectivity index (χ1) is 5.99. The Kier molecular flexibility index (Phi) is 3.23. The summed E-state index contributed by atoms with van der Waals surface area (Å²) in [5.41, 5.74) is 5.67. The molecule has 0 bridgehead atoms. The molecular weight excluding hydrogens is 228 g/mol. The molecule has 0 saturated heterocycles. The number of sulfonamides is 1. The summed E-state index contributed by atoms with van der Waals surface area (Å²) in [5, 5.41) is 3.47. The van der Waals surface area contributed by atoms with Gasteiger partial charge in [0.25, 0.3) is 0 Å². The van der Waals surface area contributed by atoms with Gasteiger partial charge in [-0.15, -0.1) is 0 Å². The fraction of sp³-hybridized carbons (Fsp3) is 0.167. The molecule has 0 fully saturated rings. The maximum atomic E-state index is 11.2. The Morgan fingerprint density at radius 2 is 2.38 bits per heavy atom. The summed E-state index contributed by atoms with van der Waals surface area (Å²) in [7, 11) is -3.41. The van der Waals surface area contributed by atoms with Gasteiger partial charge in [0.15, 0.2) is 0 Å². The van der Waals surface area contributed by atoms with Crippen LogP contribution in [0.3, 0.4) is 0 Å². The van der Waals surface area contributed by atoms with Crippen LogP contribution in [-0.2, 0) is 10.0 Å². The maximum Gasteiger partial charge on any atom is 0.239 e. The molecule has 0 aliphatic carbocycles. The lowest BCUT2D eigenvalue weighted by molar-refractivity contribution is 0.605. The first-order valence-electron chi connectivity index (χ1n) is 3.30. The van der Waals surface area contributed by atoms with Gasteiger partial charge in [-0.25, -0.2) is 8.42 Å². The molecule has 1 aromatic rings. The van der Waals surface area contributed by atoms with Crippen molar-refractivity contribution in [1.29, 1.82) is 0 Å². The van der Waals surface area contributed by atoms with Gasteiger partial charge >= 0.3 is 0 Å². The van der Waals surface area contributed by atoms with Crippen LogP contribution in [0.15, 0.2) is 16.8 Å². The fourth-order valence-electron chi connectivity index (χ4n) is 0.725. The van der Waals surface area contributed by atoms with E-state index in [9.17, 15) is 8.42 Å². The molecule has 4 nitrogen and oxygen atoms in total. The lowest BCUT2D eigenvalue weighted by Gasteiger charge is -2.03. The zero-order valence-corrected chi connectivity index (χ0v) is 9.01. The summed E-state index contributed by atoms with van der Waals surface area (Å²) in [6, 6.07) is 1.67.